The molecule has 0 spiro atoms. The Morgan fingerprint density at radius 1 is 1.09 bits per heavy atom. The molecule has 4 rings (SSSR count). The number of ether oxygens (including phenoxy) is 2. The molecule has 7 nitrogen and oxygen atoms in total. The fourth-order valence-corrected chi connectivity index (χ4v) is 3.95. The Balaban J connectivity index is 1.63. The van der Waals surface area contributed by atoms with Gasteiger partial charge in [-0.2, -0.15) is 0 Å². The number of imidazole rings is 1. The zero-order chi connectivity index (χ0) is 23.2. The third-order valence-corrected chi connectivity index (χ3v) is 5.67. The Kier molecular flexibility index (Phi) is 7.10. The van der Waals surface area contributed by atoms with E-state index >= 15 is 0 Å². The van der Waals surface area contributed by atoms with Crippen molar-refractivity contribution in [3.63, 3.8) is 0 Å². The highest BCUT2D eigenvalue weighted by atomic mass is 35.5. The van der Waals surface area contributed by atoms with Crippen LogP contribution in [0.5, 0.6) is 11.5 Å². The molecule has 3 aromatic heterocycles. The zero-order valence-electron chi connectivity index (χ0n) is 18.5. The number of aromatic nitrogens is 3. The maximum atomic E-state index is 13.0. The van der Waals surface area contributed by atoms with Crippen LogP contribution in [0.2, 0.25) is 5.02 Å². The van der Waals surface area contributed by atoms with E-state index in [2.05, 4.69) is 15.3 Å². The maximum Gasteiger partial charge on any atom is 0.221 e. The molecule has 1 atom stereocenters. The summed E-state index contributed by atoms with van der Waals surface area (Å²) < 4.78 is 12.8. The summed E-state index contributed by atoms with van der Waals surface area (Å²) in [6.45, 7) is 0.503. The molecule has 0 aliphatic carbocycles. The number of rotatable bonds is 9. The third-order valence-electron chi connectivity index (χ3n) is 5.45. The van der Waals surface area contributed by atoms with E-state index in [-0.39, 0.29) is 18.2 Å². The first-order valence-electron chi connectivity index (χ1n) is 10.6. The first-order chi connectivity index (χ1) is 16.1. The molecule has 0 fully saturated rings. The number of pyridine rings is 2. The normalized spacial score (nSPS) is 11.8. The minimum Gasteiger partial charge on any atom is -0.497 e. The molecule has 33 heavy (non-hydrogen) atoms. The second-order valence-corrected chi connectivity index (χ2v) is 8.02. The van der Waals surface area contributed by atoms with Crippen LogP contribution < -0.4 is 14.8 Å². The summed E-state index contributed by atoms with van der Waals surface area (Å²) in [6, 6.07) is 15.0. The number of hydrogen-bond donors (Lipinski definition) is 1. The molecule has 170 valence electrons. The highest BCUT2D eigenvalue weighted by Crippen LogP contribution is 2.34. The third kappa shape index (κ3) is 5.43. The van der Waals surface area contributed by atoms with Gasteiger partial charge in [0.15, 0.2) is 0 Å². The summed E-state index contributed by atoms with van der Waals surface area (Å²) in [6.07, 6.45) is 6.22. The summed E-state index contributed by atoms with van der Waals surface area (Å²) in [5.41, 5.74) is 3.42. The smallest absolute Gasteiger partial charge is 0.221 e. The van der Waals surface area contributed by atoms with Gasteiger partial charge in [0.1, 0.15) is 17.1 Å². The molecule has 1 aromatic carbocycles. The van der Waals surface area contributed by atoms with Gasteiger partial charge >= 0.3 is 0 Å². The Hall–Kier alpha value is -3.58. The van der Waals surface area contributed by atoms with Crippen molar-refractivity contribution >= 4 is 23.2 Å². The van der Waals surface area contributed by atoms with Crippen LogP contribution in [-0.2, 0) is 11.2 Å². The SMILES string of the molecule is COc1cc(OC)cc(C(CC(=O)NCCc2ccccn2)c2cnc3ccc(Cl)cn23)c1. The van der Waals surface area contributed by atoms with Gasteiger partial charge in [-0.3, -0.25) is 9.78 Å². The average Bonchev–Trinajstić information content (AvgIpc) is 3.25. The predicted octanol–water partition coefficient (Wildman–Crippen LogP) is 4.28. The lowest BCUT2D eigenvalue weighted by Gasteiger charge is -2.19. The number of amides is 1. The fraction of sp³-hybridized carbons (Fsp3) is 0.240. The van der Waals surface area contributed by atoms with E-state index in [4.69, 9.17) is 21.1 Å². The Morgan fingerprint density at radius 3 is 2.58 bits per heavy atom. The fourth-order valence-electron chi connectivity index (χ4n) is 3.79. The van der Waals surface area contributed by atoms with Crippen molar-refractivity contribution in [2.75, 3.05) is 20.8 Å². The second kappa shape index (κ2) is 10.4. The van der Waals surface area contributed by atoms with E-state index < -0.39 is 0 Å². The molecule has 3 heterocycles. The van der Waals surface area contributed by atoms with Crippen LogP contribution in [-0.4, -0.2) is 41.0 Å². The van der Waals surface area contributed by atoms with Crippen molar-refractivity contribution in [1.29, 1.82) is 0 Å². The van der Waals surface area contributed by atoms with Gasteiger partial charge in [0, 0.05) is 55.7 Å². The molecule has 0 aliphatic heterocycles. The van der Waals surface area contributed by atoms with Crippen molar-refractivity contribution in [2.24, 2.45) is 0 Å². The van der Waals surface area contributed by atoms with Crippen molar-refractivity contribution in [1.82, 2.24) is 19.7 Å². The minimum atomic E-state index is -0.294. The summed E-state index contributed by atoms with van der Waals surface area (Å²) in [5, 5.41) is 3.60. The van der Waals surface area contributed by atoms with E-state index in [0.717, 1.165) is 22.6 Å². The van der Waals surface area contributed by atoms with Crippen LogP contribution in [0.3, 0.4) is 0 Å². The summed E-state index contributed by atoms with van der Waals surface area (Å²) in [5.74, 6) is 0.931. The molecule has 1 N–H and O–H groups in total. The standard InChI is InChI=1S/C25H25ClN4O3/c1-32-20-11-17(12-21(13-20)33-2)22(23-15-29-24-7-6-18(26)16-30(23)24)14-25(31)28-10-8-19-5-3-4-9-27-19/h3-7,9,11-13,15-16,22H,8,10,14H2,1-2H3,(H,28,31). The molecule has 0 radical (unpaired) electrons. The molecule has 1 amide bonds. The Morgan fingerprint density at radius 2 is 1.88 bits per heavy atom. The van der Waals surface area contributed by atoms with Gasteiger partial charge < -0.3 is 19.2 Å². The average molecular weight is 465 g/mol. The van der Waals surface area contributed by atoms with Gasteiger partial charge in [0.2, 0.25) is 5.91 Å². The number of halogens is 1. The van der Waals surface area contributed by atoms with Crippen molar-refractivity contribution in [2.45, 2.75) is 18.8 Å². The lowest BCUT2D eigenvalue weighted by atomic mass is 9.91. The molecule has 4 aromatic rings. The molecule has 0 bridgehead atoms. The van der Waals surface area contributed by atoms with E-state index in [1.54, 1.807) is 38.7 Å². The molecular weight excluding hydrogens is 440 g/mol. The molecular formula is C25H25ClN4O3. The van der Waals surface area contributed by atoms with Gasteiger partial charge in [0.05, 0.1) is 24.9 Å². The molecule has 1 unspecified atom stereocenters. The molecule has 0 saturated carbocycles. The van der Waals surface area contributed by atoms with Gasteiger partial charge in [-0.25, -0.2) is 4.98 Å². The Bertz CT molecular complexity index is 1220. The lowest BCUT2D eigenvalue weighted by molar-refractivity contribution is -0.121. The highest BCUT2D eigenvalue weighted by Gasteiger charge is 2.23. The van der Waals surface area contributed by atoms with Crippen LogP contribution in [0.1, 0.15) is 29.3 Å². The van der Waals surface area contributed by atoms with Crippen LogP contribution in [0.4, 0.5) is 0 Å². The maximum absolute atomic E-state index is 13.0. The summed E-state index contributed by atoms with van der Waals surface area (Å²) in [4.78, 5) is 21.8. The summed E-state index contributed by atoms with van der Waals surface area (Å²) >= 11 is 6.25. The van der Waals surface area contributed by atoms with E-state index in [1.807, 2.05) is 47.0 Å². The van der Waals surface area contributed by atoms with Crippen molar-refractivity contribution < 1.29 is 14.3 Å². The number of carbonyl (C=O) groups excluding carboxylic acids is 1. The van der Waals surface area contributed by atoms with E-state index in [0.29, 0.717) is 29.5 Å². The van der Waals surface area contributed by atoms with Crippen molar-refractivity contribution in [3.8, 4) is 11.5 Å². The predicted molar refractivity (Wildman–Crippen MR) is 127 cm³/mol. The van der Waals surface area contributed by atoms with Crippen LogP contribution in [0.25, 0.3) is 5.65 Å². The van der Waals surface area contributed by atoms with Gasteiger partial charge in [-0.15, -0.1) is 0 Å². The molecule has 0 aliphatic rings. The quantitative estimate of drug-likeness (QED) is 0.400. The van der Waals surface area contributed by atoms with E-state index in [9.17, 15) is 4.79 Å². The molecule has 8 heteroatoms. The largest absolute Gasteiger partial charge is 0.497 e. The number of carbonyl (C=O) groups is 1. The van der Waals surface area contributed by atoms with Crippen LogP contribution in [0.15, 0.2) is 67.1 Å². The second-order valence-electron chi connectivity index (χ2n) is 7.58. The molecule has 0 saturated heterocycles. The first-order valence-corrected chi connectivity index (χ1v) is 11.0. The Labute approximate surface area is 197 Å². The van der Waals surface area contributed by atoms with Gasteiger partial charge in [-0.05, 0) is 42.0 Å². The topological polar surface area (TPSA) is 77.8 Å². The monoisotopic (exact) mass is 464 g/mol. The summed E-state index contributed by atoms with van der Waals surface area (Å²) in [7, 11) is 3.21. The van der Waals surface area contributed by atoms with Gasteiger partial charge in [0.25, 0.3) is 0 Å². The minimum absolute atomic E-state index is 0.0744. The number of methoxy groups -OCH3 is 2. The van der Waals surface area contributed by atoms with E-state index in [1.165, 1.54) is 0 Å². The van der Waals surface area contributed by atoms with Crippen LogP contribution in [0, 0.1) is 0 Å². The highest BCUT2D eigenvalue weighted by molar-refractivity contribution is 6.30. The number of nitrogens with zero attached hydrogens (tertiary/aromatic N) is 3. The van der Waals surface area contributed by atoms with Gasteiger partial charge in [-0.1, -0.05) is 17.7 Å². The number of benzene rings is 1. The number of nitrogens with one attached hydrogen (secondary N) is 1. The van der Waals surface area contributed by atoms with Crippen LogP contribution >= 0.6 is 11.6 Å². The zero-order valence-corrected chi connectivity index (χ0v) is 19.2. The number of fused-ring (bicyclic) bond motifs is 1. The first kappa shape index (κ1) is 22.6. The number of hydrogen-bond acceptors (Lipinski definition) is 5. The van der Waals surface area contributed by atoms with Crippen molar-refractivity contribution in [3.05, 3.63) is 89.1 Å². The lowest BCUT2D eigenvalue weighted by Crippen LogP contribution is -2.28.